The fourth-order valence-electron chi connectivity index (χ4n) is 5.35. The van der Waals surface area contributed by atoms with Crippen LogP contribution in [0.25, 0.3) is 0 Å². The van der Waals surface area contributed by atoms with E-state index in [1.807, 2.05) is 0 Å². The first-order valence-electron chi connectivity index (χ1n) is 12.8. The molecular weight excluding hydrogens is 665 g/mol. The number of amides is 3. The lowest BCUT2D eigenvalue weighted by Gasteiger charge is -2.30. The molecule has 4 aromatic rings. The number of thiazole rings is 1. The van der Waals surface area contributed by atoms with Gasteiger partial charge in [-0.1, -0.05) is 70.6 Å². The molecule has 0 bridgehead atoms. The van der Waals surface area contributed by atoms with Gasteiger partial charge in [0.1, 0.15) is 17.6 Å². The zero-order chi connectivity index (χ0) is 31.5. The van der Waals surface area contributed by atoms with Crippen LogP contribution in [-0.4, -0.2) is 27.5 Å². The standard InChI is InChI=1S/C29H17Cl2F4N3O4S2/c30-17-10-9-15(11-18(17)31)36-20(39)12-37-27-24(44-28(37)42)21(13-5-7-14(32)8-6-13)22-23(43-27)26(41)38(25(22)40)19-4-2-1-3-16(19)29(33,34)35/h1-11,21-23H,12H2,(H,36,39)/t21-,22?,23?/m1/s1. The smallest absolute Gasteiger partial charge is 0.324 e. The van der Waals surface area contributed by atoms with Gasteiger partial charge in [-0.15, -0.1) is 0 Å². The maximum absolute atomic E-state index is 13.9. The van der Waals surface area contributed by atoms with Crippen LogP contribution in [-0.2, 0) is 27.1 Å². The number of benzene rings is 3. The molecule has 1 N–H and O–H groups in total. The molecule has 1 fully saturated rings. The maximum atomic E-state index is 13.9. The number of fused-ring (bicyclic) bond motifs is 2. The van der Waals surface area contributed by atoms with Gasteiger partial charge in [0.25, 0.3) is 0 Å². The van der Waals surface area contributed by atoms with Crippen molar-refractivity contribution in [2.75, 3.05) is 10.2 Å². The fraction of sp³-hybridized carbons (Fsp3) is 0.172. The van der Waals surface area contributed by atoms with Gasteiger partial charge in [0, 0.05) is 16.5 Å². The molecule has 3 atom stereocenters. The largest absolute Gasteiger partial charge is 0.418 e. The lowest BCUT2D eigenvalue weighted by atomic mass is 9.83. The van der Waals surface area contributed by atoms with Crippen molar-refractivity contribution in [3.63, 3.8) is 0 Å². The Hall–Kier alpha value is -3.65. The van der Waals surface area contributed by atoms with Gasteiger partial charge in [-0.3, -0.25) is 23.7 Å². The molecule has 2 aliphatic heterocycles. The molecule has 3 heterocycles. The number of carbonyl (C=O) groups excluding carboxylic acids is 3. The predicted molar refractivity (Wildman–Crippen MR) is 159 cm³/mol. The number of hydrogen-bond donors (Lipinski definition) is 1. The molecule has 2 unspecified atom stereocenters. The van der Waals surface area contributed by atoms with Crippen molar-refractivity contribution in [2.45, 2.75) is 28.9 Å². The van der Waals surface area contributed by atoms with Crippen molar-refractivity contribution in [2.24, 2.45) is 5.92 Å². The number of alkyl halides is 3. The average Bonchev–Trinajstić information content (AvgIpc) is 3.41. The number of nitrogens with one attached hydrogen (secondary N) is 1. The molecule has 0 radical (unpaired) electrons. The molecule has 15 heteroatoms. The minimum atomic E-state index is -4.85. The molecule has 0 aliphatic carbocycles. The van der Waals surface area contributed by atoms with Gasteiger partial charge in [0.05, 0.1) is 32.2 Å². The highest BCUT2D eigenvalue weighted by molar-refractivity contribution is 8.00. The molecule has 3 amide bonds. The number of anilines is 2. The van der Waals surface area contributed by atoms with Crippen LogP contribution in [0.5, 0.6) is 0 Å². The summed E-state index contributed by atoms with van der Waals surface area (Å²) in [5, 5.41) is 2.07. The summed E-state index contributed by atoms with van der Waals surface area (Å²) in [6.45, 7) is -0.478. The number of para-hydroxylation sites is 1. The van der Waals surface area contributed by atoms with E-state index in [9.17, 15) is 36.7 Å². The Morgan fingerprint density at radius 3 is 2.32 bits per heavy atom. The van der Waals surface area contributed by atoms with Crippen molar-refractivity contribution < 1.29 is 31.9 Å². The zero-order valence-corrected chi connectivity index (χ0v) is 25.0. The maximum Gasteiger partial charge on any atom is 0.418 e. The van der Waals surface area contributed by atoms with Crippen LogP contribution in [0.15, 0.2) is 76.6 Å². The predicted octanol–water partition coefficient (Wildman–Crippen LogP) is 6.81. The summed E-state index contributed by atoms with van der Waals surface area (Å²) in [7, 11) is 0. The van der Waals surface area contributed by atoms with E-state index in [2.05, 4.69) is 5.32 Å². The lowest BCUT2D eigenvalue weighted by Crippen LogP contribution is -2.33. The second-order valence-electron chi connectivity index (χ2n) is 9.92. The minimum Gasteiger partial charge on any atom is -0.324 e. The molecule has 1 aromatic heterocycles. The third kappa shape index (κ3) is 5.31. The number of nitrogens with zero attached hydrogens (tertiary/aromatic N) is 2. The van der Waals surface area contributed by atoms with Gasteiger partial charge >= 0.3 is 11.0 Å². The molecule has 0 spiro atoms. The molecular formula is C29H17Cl2F4N3O4S2. The summed E-state index contributed by atoms with van der Waals surface area (Å²) in [5.74, 6) is -5.15. The summed E-state index contributed by atoms with van der Waals surface area (Å²) in [6.07, 6.45) is -4.85. The van der Waals surface area contributed by atoms with E-state index in [-0.39, 0.29) is 15.1 Å². The van der Waals surface area contributed by atoms with Crippen LogP contribution in [0.2, 0.25) is 10.0 Å². The van der Waals surface area contributed by atoms with E-state index in [1.165, 1.54) is 36.4 Å². The Kier molecular flexibility index (Phi) is 7.85. The first kappa shape index (κ1) is 30.4. The van der Waals surface area contributed by atoms with Crippen molar-refractivity contribution in [3.05, 3.63) is 108 Å². The van der Waals surface area contributed by atoms with Gasteiger partial charge in [0.15, 0.2) is 0 Å². The number of rotatable bonds is 5. The number of thioether (sulfide) groups is 1. The van der Waals surface area contributed by atoms with Crippen molar-refractivity contribution >= 4 is 75.4 Å². The van der Waals surface area contributed by atoms with Gasteiger partial charge < -0.3 is 5.32 Å². The Morgan fingerprint density at radius 1 is 0.932 bits per heavy atom. The average molecular weight is 683 g/mol. The SMILES string of the molecule is O=C(Cn1c2c(sc1=O)[C@H](c1ccc(F)cc1)C1C(=O)N(c3ccccc3C(F)(F)F)C(=O)C1S2)Nc1ccc(Cl)c(Cl)c1. The highest BCUT2D eigenvalue weighted by Gasteiger charge is 2.57. The molecule has 7 nitrogen and oxygen atoms in total. The zero-order valence-electron chi connectivity index (χ0n) is 21.9. The van der Waals surface area contributed by atoms with E-state index in [4.69, 9.17) is 23.2 Å². The highest BCUT2D eigenvalue weighted by Crippen LogP contribution is 2.54. The van der Waals surface area contributed by atoms with E-state index in [0.717, 1.165) is 58.0 Å². The van der Waals surface area contributed by atoms with Gasteiger partial charge in [-0.05, 0) is 48.0 Å². The first-order valence-corrected chi connectivity index (χ1v) is 15.2. The third-order valence-electron chi connectivity index (χ3n) is 7.23. The number of hydrogen-bond acceptors (Lipinski definition) is 6. The molecule has 6 rings (SSSR count). The van der Waals surface area contributed by atoms with E-state index < -0.39 is 69.5 Å². The van der Waals surface area contributed by atoms with E-state index >= 15 is 0 Å². The lowest BCUT2D eigenvalue weighted by molar-refractivity contribution is -0.137. The fourth-order valence-corrected chi connectivity index (χ4v) is 8.42. The van der Waals surface area contributed by atoms with Gasteiger partial charge in [0.2, 0.25) is 17.7 Å². The quantitative estimate of drug-likeness (QED) is 0.185. The normalized spacial score (nSPS) is 19.6. The van der Waals surface area contributed by atoms with Crippen LogP contribution < -0.4 is 15.1 Å². The number of aromatic nitrogens is 1. The van der Waals surface area contributed by atoms with Crippen LogP contribution in [0, 0.1) is 11.7 Å². The Balaban J connectivity index is 1.42. The minimum absolute atomic E-state index is 0.194. The van der Waals surface area contributed by atoms with Crippen molar-refractivity contribution in [1.82, 2.24) is 4.57 Å². The van der Waals surface area contributed by atoms with Crippen molar-refractivity contribution in [1.29, 1.82) is 0 Å². The molecule has 1 saturated heterocycles. The number of halogens is 6. The van der Waals surface area contributed by atoms with Gasteiger partial charge in [-0.25, -0.2) is 9.29 Å². The summed E-state index contributed by atoms with van der Waals surface area (Å²) >= 11 is 13.5. The Bertz CT molecular complexity index is 1890. The Morgan fingerprint density at radius 2 is 1.64 bits per heavy atom. The molecule has 226 valence electrons. The topological polar surface area (TPSA) is 88.5 Å². The first-order chi connectivity index (χ1) is 20.8. The molecule has 0 saturated carbocycles. The van der Waals surface area contributed by atoms with Crippen LogP contribution in [0.4, 0.5) is 28.9 Å². The van der Waals surface area contributed by atoms with Gasteiger partial charge in [-0.2, -0.15) is 13.2 Å². The third-order valence-corrected chi connectivity index (χ3v) is 10.6. The number of carbonyl (C=O) groups is 3. The second-order valence-corrected chi connectivity index (χ2v) is 12.9. The summed E-state index contributed by atoms with van der Waals surface area (Å²) in [5.41, 5.74) is -1.07. The van der Waals surface area contributed by atoms with Crippen LogP contribution in [0.3, 0.4) is 0 Å². The van der Waals surface area contributed by atoms with E-state index in [0.29, 0.717) is 21.0 Å². The highest BCUT2D eigenvalue weighted by atomic mass is 35.5. The summed E-state index contributed by atoms with van der Waals surface area (Å²) < 4.78 is 56.8. The molecule has 2 aliphatic rings. The van der Waals surface area contributed by atoms with Crippen LogP contribution >= 0.6 is 46.3 Å². The molecule has 3 aromatic carbocycles. The van der Waals surface area contributed by atoms with Crippen LogP contribution in [0.1, 0.15) is 21.9 Å². The van der Waals surface area contributed by atoms with E-state index in [1.54, 1.807) is 0 Å². The second kappa shape index (κ2) is 11.4. The van der Waals surface area contributed by atoms with Crippen molar-refractivity contribution in [3.8, 4) is 0 Å². The monoisotopic (exact) mass is 681 g/mol. The molecule has 44 heavy (non-hydrogen) atoms. The Labute approximate surface area is 264 Å². The summed E-state index contributed by atoms with van der Waals surface area (Å²) in [6, 6.07) is 13.8. The summed E-state index contributed by atoms with van der Waals surface area (Å²) in [4.78, 5) is 54.2. The number of imide groups is 1.